The summed E-state index contributed by atoms with van der Waals surface area (Å²) >= 11 is 0. The van der Waals surface area contributed by atoms with E-state index in [1.807, 2.05) is 29.1 Å². The van der Waals surface area contributed by atoms with Crippen LogP contribution in [-0.2, 0) is 13.0 Å². The summed E-state index contributed by atoms with van der Waals surface area (Å²) in [7, 11) is 0. The normalized spacial score (nSPS) is 11.8. The fourth-order valence-corrected chi connectivity index (χ4v) is 2.10. The molecule has 108 valence electrons. The van der Waals surface area contributed by atoms with Crippen molar-refractivity contribution >= 4 is 0 Å². The number of pyridine rings is 1. The molecule has 0 aliphatic rings. The van der Waals surface area contributed by atoms with E-state index < -0.39 is 0 Å². The highest BCUT2D eigenvalue weighted by Gasteiger charge is 2.15. The maximum Gasteiger partial charge on any atom is 0.153 e. The van der Waals surface area contributed by atoms with Crippen molar-refractivity contribution in [3.63, 3.8) is 0 Å². The Morgan fingerprint density at radius 2 is 2.05 bits per heavy atom. The fourth-order valence-electron chi connectivity index (χ4n) is 2.10. The standard InChI is InChI=1S/C16H24N4/c1-5-8-14-13(11-18-16(2,3)4)12-19-20(14)15-9-6-7-10-17-15/h6-7,9-10,12,18H,5,8,11H2,1-4H3. The SMILES string of the molecule is CCCc1c(CNC(C)(C)C)cnn1-c1ccccn1. The zero-order valence-corrected chi connectivity index (χ0v) is 12.8. The molecule has 0 saturated carbocycles. The third-order valence-corrected chi connectivity index (χ3v) is 3.12. The van der Waals surface area contributed by atoms with Crippen LogP contribution in [0.15, 0.2) is 30.6 Å². The smallest absolute Gasteiger partial charge is 0.153 e. The van der Waals surface area contributed by atoms with Gasteiger partial charge in [0, 0.05) is 23.8 Å². The predicted octanol–water partition coefficient (Wildman–Crippen LogP) is 3.11. The van der Waals surface area contributed by atoms with Crippen molar-refractivity contribution in [2.24, 2.45) is 0 Å². The van der Waals surface area contributed by atoms with Crippen LogP contribution < -0.4 is 5.32 Å². The number of rotatable bonds is 5. The lowest BCUT2D eigenvalue weighted by Gasteiger charge is -2.20. The van der Waals surface area contributed by atoms with E-state index in [-0.39, 0.29) is 5.54 Å². The summed E-state index contributed by atoms with van der Waals surface area (Å²) in [6, 6.07) is 5.91. The maximum absolute atomic E-state index is 4.52. The minimum atomic E-state index is 0.108. The van der Waals surface area contributed by atoms with Crippen LogP contribution in [0.4, 0.5) is 0 Å². The molecule has 4 nitrogen and oxygen atoms in total. The lowest BCUT2D eigenvalue weighted by molar-refractivity contribution is 0.423. The largest absolute Gasteiger partial charge is 0.308 e. The Kier molecular flexibility index (Phi) is 4.55. The summed E-state index contributed by atoms with van der Waals surface area (Å²) in [6.45, 7) is 9.56. The third kappa shape index (κ3) is 3.67. The van der Waals surface area contributed by atoms with Crippen LogP contribution in [0, 0.1) is 0 Å². The van der Waals surface area contributed by atoms with Gasteiger partial charge in [0.2, 0.25) is 0 Å². The Labute approximate surface area is 121 Å². The van der Waals surface area contributed by atoms with Crippen LogP contribution in [0.5, 0.6) is 0 Å². The Balaban J connectivity index is 2.28. The average molecular weight is 272 g/mol. The van der Waals surface area contributed by atoms with Gasteiger partial charge >= 0.3 is 0 Å². The van der Waals surface area contributed by atoms with E-state index in [1.54, 1.807) is 6.20 Å². The van der Waals surface area contributed by atoms with Crippen LogP contribution in [-0.4, -0.2) is 20.3 Å². The van der Waals surface area contributed by atoms with Crippen molar-refractivity contribution in [1.29, 1.82) is 0 Å². The molecule has 1 N–H and O–H groups in total. The number of aromatic nitrogens is 3. The molecule has 2 heterocycles. The van der Waals surface area contributed by atoms with Crippen molar-refractivity contribution in [1.82, 2.24) is 20.1 Å². The molecule has 4 heteroatoms. The predicted molar refractivity (Wildman–Crippen MR) is 81.9 cm³/mol. The van der Waals surface area contributed by atoms with Gasteiger partial charge in [-0.15, -0.1) is 0 Å². The minimum Gasteiger partial charge on any atom is -0.308 e. The first-order valence-electron chi connectivity index (χ1n) is 7.23. The molecular formula is C16H24N4. The average Bonchev–Trinajstić information content (AvgIpc) is 2.80. The highest BCUT2D eigenvalue weighted by molar-refractivity contribution is 5.29. The molecule has 0 saturated heterocycles. The van der Waals surface area contributed by atoms with E-state index in [0.29, 0.717) is 0 Å². The molecule has 0 aliphatic heterocycles. The van der Waals surface area contributed by atoms with E-state index in [1.165, 1.54) is 11.3 Å². The van der Waals surface area contributed by atoms with Gasteiger partial charge in [-0.3, -0.25) is 0 Å². The highest BCUT2D eigenvalue weighted by atomic mass is 15.3. The van der Waals surface area contributed by atoms with Crippen LogP contribution in [0.1, 0.15) is 45.4 Å². The molecule has 0 unspecified atom stereocenters. The Bertz CT molecular complexity index is 537. The van der Waals surface area contributed by atoms with Gasteiger partial charge in [-0.2, -0.15) is 5.10 Å². The Hall–Kier alpha value is -1.68. The van der Waals surface area contributed by atoms with Crippen molar-refractivity contribution in [2.45, 2.75) is 52.6 Å². The van der Waals surface area contributed by atoms with Crippen molar-refractivity contribution in [3.8, 4) is 5.82 Å². The van der Waals surface area contributed by atoms with E-state index in [2.05, 4.69) is 43.1 Å². The van der Waals surface area contributed by atoms with Gasteiger partial charge in [0.25, 0.3) is 0 Å². The lowest BCUT2D eigenvalue weighted by atomic mass is 10.1. The molecule has 0 fully saturated rings. The van der Waals surface area contributed by atoms with Crippen LogP contribution >= 0.6 is 0 Å². The summed E-state index contributed by atoms with van der Waals surface area (Å²) in [4.78, 5) is 4.39. The molecule has 2 aromatic rings. The second-order valence-electron chi connectivity index (χ2n) is 6.07. The Morgan fingerprint density at radius 3 is 2.65 bits per heavy atom. The molecule has 0 spiro atoms. The van der Waals surface area contributed by atoms with Crippen molar-refractivity contribution in [3.05, 3.63) is 41.9 Å². The Morgan fingerprint density at radius 1 is 1.25 bits per heavy atom. The second kappa shape index (κ2) is 6.18. The number of hydrogen-bond donors (Lipinski definition) is 1. The maximum atomic E-state index is 4.52. The van der Waals surface area contributed by atoms with Gasteiger partial charge in [-0.1, -0.05) is 19.4 Å². The summed E-state index contributed by atoms with van der Waals surface area (Å²) in [6.07, 6.45) is 5.87. The van der Waals surface area contributed by atoms with Gasteiger partial charge in [0.15, 0.2) is 5.82 Å². The first kappa shape index (κ1) is 14.7. The monoisotopic (exact) mass is 272 g/mol. The molecule has 0 atom stereocenters. The van der Waals surface area contributed by atoms with Gasteiger partial charge in [0.05, 0.1) is 11.9 Å². The first-order chi connectivity index (χ1) is 9.51. The zero-order chi connectivity index (χ0) is 14.6. The first-order valence-corrected chi connectivity index (χ1v) is 7.23. The van der Waals surface area contributed by atoms with Crippen LogP contribution in [0.2, 0.25) is 0 Å². The van der Waals surface area contributed by atoms with E-state index >= 15 is 0 Å². The van der Waals surface area contributed by atoms with E-state index in [0.717, 1.165) is 25.2 Å². The van der Waals surface area contributed by atoms with Gasteiger partial charge in [0.1, 0.15) is 0 Å². The van der Waals surface area contributed by atoms with Crippen molar-refractivity contribution < 1.29 is 0 Å². The molecule has 0 radical (unpaired) electrons. The fraction of sp³-hybridized carbons (Fsp3) is 0.500. The number of nitrogens with one attached hydrogen (secondary N) is 1. The third-order valence-electron chi connectivity index (χ3n) is 3.12. The molecule has 20 heavy (non-hydrogen) atoms. The molecule has 0 aliphatic carbocycles. The van der Waals surface area contributed by atoms with Crippen LogP contribution in [0.25, 0.3) is 5.82 Å². The van der Waals surface area contributed by atoms with Crippen LogP contribution in [0.3, 0.4) is 0 Å². The molecule has 2 aromatic heterocycles. The van der Waals surface area contributed by atoms with Gasteiger partial charge < -0.3 is 5.32 Å². The quantitative estimate of drug-likeness (QED) is 0.909. The zero-order valence-electron chi connectivity index (χ0n) is 12.8. The van der Waals surface area contributed by atoms with Crippen molar-refractivity contribution in [2.75, 3.05) is 0 Å². The van der Waals surface area contributed by atoms with E-state index in [4.69, 9.17) is 0 Å². The molecule has 0 bridgehead atoms. The highest BCUT2D eigenvalue weighted by Crippen LogP contribution is 2.16. The molecule has 0 aromatic carbocycles. The second-order valence-corrected chi connectivity index (χ2v) is 6.07. The number of hydrogen-bond acceptors (Lipinski definition) is 3. The van der Waals surface area contributed by atoms with Gasteiger partial charge in [-0.25, -0.2) is 9.67 Å². The number of nitrogens with zero attached hydrogens (tertiary/aromatic N) is 3. The summed E-state index contributed by atoms with van der Waals surface area (Å²) < 4.78 is 1.96. The lowest BCUT2D eigenvalue weighted by Crippen LogP contribution is -2.35. The topological polar surface area (TPSA) is 42.7 Å². The summed E-state index contributed by atoms with van der Waals surface area (Å²) in [5, 5.41) is 8.05. The molecule has 2 rings (SSSR count). The summed E-state index contributed by atoms with van der Waals surface area (Å²) in [5.74, 6) is 0.887. The summed E-state index contributed by atoms with van der Waals surface area (Å²) in [5.41, 5.74) is 2.62. The minimum absolute atomic E-state index is 0.108. The molecular weight excluding hydrogens is 248 g/mol. The molecule has 0 amide bonds. The van der Waals surface area contributed by atoms with Gasteiger partial charge in [-0.05, 0) is 39.3 Å². The van der Waals surface area contributed by atoms with E-state index in [9.17, 15) is 0 Å².